The second-order valence-electron chi connectivity index (χ2n) is 7.10. The predicted molar refractivity (Wildman–Crippen MR) is 99.0 cm³/mol. The molecule has 1 aliphatic rings. The molecule has 0 unspecified atom stereocenters. The standard InChI is InChI=1S/C18H36N4O2/c1-4-19-17(21-12-11-20-16(24)15(2)3)22-14-18(10-13-23)8-6-5-7-9-18/h15,23H,4-14H2,1-3H3,(H,20,24)(H2,19,21,22). The lowest BCUT2D eigenvalue weighted by atomic mass is 9.72. The van der Waals surface area contributed by atoms with Crippen LogP contribution in [0.2, 0.25) is 0 Å². The first-order chi connectivity index (χ1) is 11.5. The van der Waals surface area contributed by atoms with Crippen molar-refractivity contribution in [1.29, 1.82) is 0 Å². The minimum absolute atomic E-state index is 0.0107. The van der Waals surface area contributed by atoms with Crippen LogP contribution in [0.3, 0.4) is 0 Å². The van der Waals surface area contributed by atoms with E-state index in [1.165, 1.54) is 19.3 Å². The van der Waals surface area contributed by atoms with Crippen LogP contribution in [-0.4, -0.2) is 49.8 Å². The maximum absolute atomic E-state index is 11.6. The van der Waals surface area contributed by atoms with Crippen molar-refractivity contribution < 1.29 is 9.90 Å². The Morgan fingerprint density at radius 1 is 1.12 bits per heavy atom. The Hall–Kier alpha value is -1.30. The van der Waals surface area contributed by atoms with E-state index in [1.807, 2.05) is 20.8 Å². The lowest BCUT2D eigenvalue weighted by Gasteiger charge is -2.35. The molecule has 1 aliphatic carbocycles. The van der Waals surface area contributed by atoms with Gasteiger partial charge in [0, 0.05) is 38.7 Å². The Morgan fingerprint density at radius 2 is 1.79 bits per heavy atom. The second kappa shape index (κ2) is 11.3. The first-order valence-corrected chi connectivity index (χ1v) is 9.44. The molecule has 0 aliphatic heterocycles. The maximum atomic E-state index is 11.6. The van der Waals surface area contributed by atoms with Crippen LogP contribution in [0.5, 0.6) is 0 Å². The van der Waals surface area contributed by atoms with E-state index in [4.69, 9.17) is 4.99 Å². The highest BCUT2D eigenvalue weighted by molar-refractivity contribution is 5.80. The molecule has 0 aromatic rings. The number of guanidine groups is 1. The summed E-state index contributed by atoms with van der Waals surface area (Å²) in [6.07, 6.45) is 6.91. The Morgan fingerprint density at radius 3 is 2.38 bits per heavy atom. The number of carbonyl (C=O) groups excluding carboxylic acids is 1. The average molecular weight is 341 g/mol. The molecule has 0 radical (unpaired) electrons. The van der Waals surface area contributed by atoms with Crippen LogP contribution in [0.4, 0.5) is 0 Å². The van der Waals surface area contributed by atoms with Gasteiger partial charge < -0.3 is 21.1 Å². The van der Waals surface area contributed by atoms with E-state index in [1.54, 1.807) is 0 Å². The Bertz CT molecular complexity index is 385. The molecule has 1 rings (SSSR count). The fourth-order valence-electron chi connectivity index (χ4n) is 3.19. The number of rotatable bonds is 9. The number of hydrogen-bond donors (Lipinski definition) is 4. The number of aliphatic hydroxyl groups excluding tert-OH is 1. The van der Waals surface area contributed by atoms with Crippen LogP contribution in [-0.2, 0) is 4.79 Å². The second-order valence-corrected chi connectivity index (χ2v) is 7.10. The molecule has 6 nitrogen and oxygen atoms in total. The van der Waals surface area contributed by atoms with Crippen molar-refractivity contribution >= 4 is 11.9 Å². The number of carbonyl (C=O) groups is 1. The largest absolute Gasteiger partial charge is 0.396 e. The van der Waals surface area contributed by atoms with Crippen LogP contribution in [0.15, 0.2) is 4.99 Å². The Balaban J connectivity index is 2.49. The van der Waals surface area contributed by atoms with Crippen molar-refractivity contribution in [2.45, 2.75) is 59.3 Å². The third-order valence-corrected chi connectivity index (χ3v) is 4.71. The fraction of sp³-hybridized carbons (Fsp3) is 0.889. The van der Waals surface area contributed by atoms with Crippen molar-refractivity contribution in [1.82, 2.24) is 16.0 Å². The number of amides is 1. The topological polar surface area (TPSA) is 85.8 Å². The first-order valence-electron chi connectivity index (χ1n) is 9.44. The van der Waals surface area contributed by atoms with Crippen molar-refractivity contribution in [3.63, 3.8) is 0 Å². The van der Waals surface area contributed by atoms with Crippen molar-refractivity contribution in [3.8, 4) is 0 Å². The van der Waals surface area contributed by atoms with Gasteiger partial charge in [-0.3, -0.25) is 9.79 Å². The monoisotopic (exact) mass is 340 g/mol. The van der Waals surface area contributed by atoms with E-state index in [2.05, 4.69) is 16.0 Å². The normalized spacial score (nSPS) is 17.6. The quantitative estimate of drug-likeness (QED) is 0.292. The third kappa shape index (κ3) is 7.51. The van der Waals surface area contributed by atoms with Crippen LogP contribution in [0.25, 0.3) is 0 Å². The lowest BCUT2D eigenvalue weighted by molar-refractivity contribution is -0.123. The van der Waals surface area contributed by atoms with Crippen LogP contribution in [0.1, 0.15) is 59.3 Å². The van der Waals surface area contributed by atoms with Crippen molar-refractivity contribution in [2.75, 3.05) is 32.8 Å². The molecular weight excluding hydrogens is 304 g/mol. The van der Waals surface area contributed by atoms with E-state index in [9.17, 15) is 9.90 Å². The van der Waals surface area contributed by atoms with Gasteiger partial charge >= 0.3 is 0 Å². The SMILES string of the molecule is CCNC(=NCC1(CCO)CCCCC1)NCCNC(=O)C(C)C. The number of aliphatic hydroxyl groups is 1. The highest BCUT2D eigenvalue weighted by Gasteiger charge is 2.31. The third-order valence-electron chi connectivity index (χ3n) is 4.71. The Labute approximate surface area is 146 Å². The van der Waals surface area contributed by atoms with Gasteiger partial charge in [-0.1, -0.05) is 33.1 Å². The Kier molecular flexibility index (Phi) is 9.76. The molecule has 0 aromatic heterocycles. The van der Waals surface area contributed by atoms with Gasteiger partial charge in [-0.25, -0.2) is 0 Å². The predicted octanol–water partition coefficient (Wildman–Crippen LogP) is 1.65. The fourth-order valence-corrected chi connectivity index (χ4v) is 3.19. The number of nitrogens with one attached hydrogen (secondary N) is 3. The summed E-state index contributed by atoms with van der Waals surface area (Å²) in [6.45, 7) is 8.85. The van der Waals surface area contributed by atoms with Gasteiger partial charge in [-0.2, -0.15) is 0 Å². The minimum Gasteiger partial charge on any atom is -0.396 e. The molecule has 1 amide bonds. The summed E-state index contributed by atoms with van der Waals surface area (Å²) < 4.78 is 0. The van der Waals surface area contributed by atoms with Gasteiger partial charge in [0.15, 0.2) is 5.96 Å². The number of hydrogen-bond acceptors (Lipinski definition) is 3. The molecule has 0 aromatic carbocycles. The summed E-state index contributed by atoms with van der Waals surface area (Å²) in [7, 11) is 0. The van der Waals surface area contributed by atoms with Crippen molar-refractivity contribution in [2.24, 2.45) is 16.3 Å². The number of aliphatic imine (C=N–C) groups is 1. The molecule has 0 heterocycles. The molecule has 1 fully saturated rings. The average Bonchev–Trinajstić information content (AvgIpc) is 2.57. The zero-order valence-corrected chi connectivity index (χ0v) is 15.7. The molecule has 0 atom stereocenters. The van der Waals surface area contributed by atoms with Gasteiger partial charge in [0.05, 0.1) is 0 Å². The molecule has 1 saturated carbocycles. The summed E-state index contributed by atoms with van der Waals surface area (Å²) in [4.78, 5) is 16.3. The van der Waals surface area contributed by atoms with E-state index in [0.717, 1.165) is 38.3 Å². The molecule has 24 heavy (non-hydrogen) atoms. The van der Waals surface area contributed by atoms with E-state index >= 15 is 0 Å². The van der Waals surface area contributed by atoms with Crippen LogP contribution in [0, 0.1) is 11.3 Å². The van der Waals surface area contributed by atoms with Gasteiger partial charge in [-0.15, -0.1) is 0 Å². The van der Waals surface area contributed by atoms with Crippen molar-refractivity contribution in [3.05, 3.63) is 0 Å². The molecule has 0 saturated heterocycles. The van der Waals surface area contributed by atoms with Gasteiger partial charge in [0.2, 0.25) is 5.91 Å². The highest BCUT2D eigenvalue weighted by Crippen LogP contribution is 2.39. The highest BCUT2D eigenvalue weighted by atomic mass is 16.3. The molecule has 6 heteroatoms. The van der Waals surface area contributed by atoms with Gasteiger partial charge in [0.1, 0.15) is 0 Å². The smallest absolute Gasteiger partial charge is 0.222 e. The molecule has 4 N–H and O–H groups in total. The van der Waals surface area contributed by atoms with E-state index < -0.39 is 0 Å². The molecular formula is C18H36N4O2. The minimum atomic E-state index is 0.0107. The molecule has 140 valence electrons. The summed E-state index contributed by atoms with van der Waals surface area (Å²) in [5.74, 6) is 0.874. The summed E-state index contributed by atoms with van der Waals surface area (Å²) in [5, 5.41) is 18.8. The zero-order chi connectivity index (χ0) is 17.8. The summed E-state index contributed by atoms with van der Waals surface area (Å²) >= 11 is 0. The summed E-state index contributed by atoms with van der Waals surface area (Å²) in [5.41, 5.74) is 0.154. The van der Waals surface area contributed by atoms with Crippen LogP contribution < -0.4 is 16.0 Å². The van der Waals surface area contributed by atoms with E-state index in [-0.39, 0.29) is 23.8 Å². The lowest BCUT2D eigenvalue weighted by Crippen LogP contribution is -2.43. The number of nitrogens with zero attached hydrogens (tertiary/aromatic N) is 1. The molecule has 0 bridgehead atoms. The van der Waals surface area contributed by atoms with E-state index in [0.29, 0.717) is 13.1 Å². The van der Waals surface area contributed by atoms with Crippen LogP contribution >= 0.6 is 0 Å². The summed E-state index contributed by atoms with van der Waals surface area (Å²) in [6, 6.07) is 0. The zero-order valence-electron chi connectivity index (χ0n) is 15.7. The molecule has 0 spiro atoms. The first kappa shape index (κ1) is 20.7. The van der Waals surface area contributed by atoms with Gasteiger partial charge in [0.25, 0.3) is 0 Å². The van der Waals surface area contributed by atoms with Gasteiger partial charge in [-0.05, 0) is 31.6 Å². The maximum Gasteiger partial charge on any atom is 0.222 e.